The van der Waals surface area contributed by atoms with Gasteiger partial charge >= 0.3 is 12.1 Å². The molecular weight excluding hydrogens is 462 g/mol. The summed E-state index contributed by atoms with van der Waals surface area (Å²) < 4.78 is 50.4. The first kappa shape index (κ1) is 29.3. The molecule has 0 aromatic heterocycles. The fourth-order valence-electron chi connectivity index (χ4n) is 2.97. The Balaban J connectivity index is 0.000000718. The van der Waals surface area contributed by atoms with Crippen LogP contribution in [0.25, 0.3) is 0 Å². The smallest absolute Gasteiger partial charge is 0.475 e. The van der Waals surface area contributed by atoms with Gasteiger partial charge in [0, 0.05) is 57.9 Å². The van der Waals surface area contributed by atoms with E-state index in [1.54, 1.807) is 4.90 Å². The molecule has 0 atom stereocenters. The highest BCUT2D eigenvalue weighted by molar-refractivity contribution is 5.94. The minimum Gasteiger partial charge on any atom is -0.475 e. The molecule has 0 spiro atoms. The van der Waals surface area contributed by atoms with E-state index < -0.39 is 12.1 Å². The number of ether oxygens (including phenoxy) is 1. The number of nitrogens with one attached hydrogen (secondary N) is 1. The Bertz CT molecular complexity index is 782. The molecule has 2 amide bonds. The molecule has 1 aliphatic rings. The van der Waals surface area contributed by atoms with Crippen LogP contribution < -0.4 is 5.32 Å². The number of carbonyl (C=O) groups is 3. The van der Waals surface area contributed by atoms with Gasteiger partial charge in [0.05, 0.1) is 6.10 Å². The van der Waals surface area contributed by atoms with E-state index in [-0.39, 0.29) is 30.2 Å². The molecule has 0 radical (unpaired) electrons. The van der Waals surface area contributed by atoms with Crippen molar-refractivity contribution in [1.29, 1.82) is 0 Å². The minimum absolute atomic E-state index is 0.0619. The maximum Gasteiger partial charge on any atom is 0.490 e. The first-order valence-electron chi connectivity index (χ1n) is 10.9. The van der Waals surface area contributed by atoms with Crippen molar-refractivity contribution in [1.82, 2.24) is 15.1 Å². The minimum atomic E-state index is -5.08. The largest absolute Gasteiger partial charge is 0.490 e. The summed E-state index contributed by atoms with van der Waals surface area (Å²) in [5, 5.41) is 10.3. The molecule has 1 saturated heterocycles. The lowest BCUT2D eigenvalue weighted by Crippen LogP contribution is -2.47. The van der Waals surface area contributed by atoms with Crippen molar-refractivity contribution in [2.45, 2.75) is 39.0 Å². The average Bonchev–Trinajstić information content (AvgIpc) is 2.78. The van der Waals surface area contributed by atoms with Gasteiger partial charge in [0.2, 0.25) is 5.91 Å². The van der Waals surface area contributed by atoms with Crippen LogP contribution in [0, 0.1) is 5.82 Å². The van der Waals surface area contributed by atoms with Crippen molar-refractivity contribution in [2.75, 3.05) is 45.9 Å². The Hall–Kier alpha value is -2.73. The van der Waals surface area contributed by atoms with Gasteiger partial charge in [-0.05, 0) is 44.5 Å². The normalized spacial score (nSPS) is 13.8. The van der Waals surface area contributed by atoms with Gasteiger partial charge in [-0.3, -0.25) is 9.59 Å². The Labute approximate surface area is 195 Å². The molecule has 192 valence electrons. The molecule has 1 aromatic carbocycles. The van der Waals surface area contributed by atoms with E-state index in [0.29, 0.717) is 44.8 Å². The van der Waals surface area contributed by atoms with Gasteiger partial charge < -0.3 is 25.0 Å². The Morgan fingerprint density at radius 3 is 2.18 bits per heavy atom. The van der Waals surface area contributed by atoms with Gasteiger partial charge in [-0.15, -0.1) is 0 Å². The lowest BCUT2D eigenvalue weighted by atomic mass is 10.1. The highest BCUT2D eigenvalue weighted by atomic mass is 19.4. The van der Waals surface area contributed by atoms with E-state index in [1.807, 2.05) is 18.7 Å². The predicted molar refractivity (Wildman–Crippen MR) is 116 cm³/mol. The van der Waals surface area contributed by atoms with Crippen LogP contribution in [0.1, 0.15) is 37.0 Å². The van der Waals surface area contributed by atoms with Crippen LogP contribution in [0.4, 0.5) is 17.6 Å². The number of hydrogen-bond acceptors (Lipinski definition) is 5. The van der Waals surface area contributed by atoms with E-state index in [4.69, 9.17) is 14.6 Å². The number of carboxylic acids is 1. The third kappa shape index (κ3) is 11.4. The molecule has 34 heavy (non-hydrogen) atoms. The first-order valence-corrected chi connectivity index (χ1v) is 10.9. The van der Waals surface area contributed by atoms with E-state index >= 15 is 0 Å². The number of rotatable bonds is 9. The molecule has 1 aliphatic heterocycles. The maximum atomic E-state index is 13.1. The van der Waals surface area contributed by atoms with Crippen molar-refractivity contribution in [3.8, 4) is 0 Å². The second kappa shape index (κ2) is 14.5. The number of alkyl halides is 3. The molecule has 0 unspecified atom stereocenters. The molecule has 8 nitrogen and oxygen atoms in total. The number of benzene rings is 1. The SMILES string of the molecule is CC(C)OCCCN(CCC(=O)N1CCNCC1)C(=O)c1ccc(F)cc1.O=C(O)C(F)(F)F. The summed E-state index contributed by atoms with van der Waals surface area (Å²) in [6, 6.07) is 5.51. The summed E-state index contributed by atoms with van der Waals surface area (Å²) in [7, 11) is 0. The third-order valence-corrected chi connectivity index (χ3v) is 4.71. The summed E-state index contributed by atoms with van der Waals surface area (Å²) >= 11 is 0. The zero-order valence-corrected chi connectivity index (χ0v) is 19.2. The second-order valence-electron chi connectivity index (χ2n) is 7.76. The number of amides is 2. The molecule has 12 heteroatoms. The Morgan fingerprint density at radius 2 is 1.68 bits per heavy atom. The summed E-state index contributed by atoms with van der Waals surface area (Å²) in [5.74, 6) is -3.26. The molecule has 2 N–H and O–H groups in total. The zero-order valence-electron chi connectivity index (χ0n) is 19.2. The van der Waals surface area contributed by atoms with Crippen LogP contribution in [0.15, 0.2) is 24.3 Å². The van der Waals surface area contributed by atoms with Crippen LogP contribution in [0.3, 0.4) is 0 Å². The summed E-state index contributed by atoms with van der Waals surface area (Å²) in [4.78, 5) is 37.6. The van der Waals surface area contributed by atoms with Crippen LogP contribution in [0.2, 0.25) is 0 Å². The quantitative estimate of drug-likeness (QED) is 0.405. The zero-order chi connectivity index (χ0) is 25.7. The Kier molecular flexibility index (Phi) is 12.5. The fraction of sp³-hybridized carbons (Fsp3) is 0.591. The van der Waals surface area contributed by atoms with Crippen molar-refractivity contribution < 1.29 is 41.8 Å². The van der Waals surface area contributed by atoms with E-state index in [9.17, 15) is 27.2 Å². The molecule has 0 bridgehead atoms. The number of aliphatic carboxylic acids is 1. The van der Waals surface area contributed by atoms with E-state index in [0.717, 1.165) is 13.1 Å². The monoisotopic (exact) mass is 493 g/mol. The van der Waals surface area contributed by atoms with Gasteiger partial charge in [0.1, 0.15) is 5.82 Å². The van der Waals surface area contributed by atoms with Crippen LogP contribution in [-0.4, -0.2) is 90.8 Å². The molecule has 0 saturated carbocycles. The number of carbonyl (C=O) groups excluding carboxylic acids is 2. The van der Waals surface area contributed by atoms with Gasteiger partial charge in [-0.2, -0.15) is 13.2 Å². The van der Waals surface area contributed by atoms with Gasteiger partial charge in [-0.1, -0.05) is 0 Å². The third-order valence-electron chi connectivity index (χ3n) is 4.71. The number of nitrogens with zero attached hydrogens (tertiary/aromatic N) is 2. The molecule has 1 aromatic rings. The van der Waals surface area contributed by atoms with E-state index in [1.165, 1.54) is 24.3 Å². The van der Waals surface area contributed by atoms with Crippen molar-refractivity contribution in [2.24, 2.45) is 0 Å². The number of piperazine rings is 1. The van der Waals surface area contributed by atoms with Crippen LogP contribution >= 0.6 is 0 Å². The summed E-state index contributed by atoms with van der Waals surface area (Å²) in [5.41, 5.74) is 0.427. The van der Waals surface area contributed by atoms with Crippen molar-refractivity contribution in [3.63, 3.8) is 0 Å². The van der Waals surface area contributed by atoms with Crippen LogP contribution in [0.5, 0.6) is 0 Å². The Morgan fingerprint density at radius 1 is 1.12 bits per heavy atom. The highest BCUT2D eigenvalue weighted by Gasteiger charge is 2.38. The standard InChI is InChI=1S/C20H30FN3O3.C2HF3O2/c1-16(2)27-15-3-11-24(20(26)17-4-6-18(21)7-5-17)12-8-19(25)23-13-9-22-10-14-23;3-2(4,5)1(6)7/h4-7,16,22H,3,8-15H2,1-2H3;(H,6,7). The topological polar surface area (TPSA) is 99.2 Å². The van der Waals surface area contributed by atoms with Gasteiger partial charge in [0.25, 0.3) is 5.91 Å². The van der Waals surface area contributed by atoms with Gasteiger partial charge in [0.15, 0.2) is 0 Å². The average molecular weight is 493 g/mol. The molecule has 1 heterocycles. The van der Waals surface area contributed by atoms with Crippen molar-refractivity contribution in [3.05, 3.63) is 35.6 Å². The van der Waals surface area contributed by atoms with Crippen molar-refractivity contribution >= 4 is 17.8 Å². The molecule has 0 aliphatic carbocycles. The molecule has 2 rings (SSSR count). The van der Waals surface area contributed by atoms with Crippen LogP contribution in [-0.2, 0) is 14.3 Å². The predicted octanol–water partition coefficient (Wildman–Crippen LogP) is 2.54. The molecule has 1 fully saturated rings. The fourth-order valence-corrected chi connectivity index (χ4v) is 2.97. The van der Waals surface area contributed by atoms with E-state index in [2.05, 4.69) is 5.32 Å². The number of hydrogen-bond donors (Lipinski definition) is 2. The second-order valence-corrected chi connectivity index (χ2v) is 7.76. The first-order chi connectivity index (χ1) is 15.9. The highest BCUT2D eigenvalue weighted by Crippen LogP contribution is 2.13. The lowest BCUT2D eigenvalue weighted by molar-refractivity contribution is -0.192. The number of carboxylic acid groups (broad SMARTS) is 1. The maximum absolute atomic E-state index is 13.1. The summed E-state index contributed by atoms with van der Waals surface area (Å²) in [6.07, 6.45) is -3.97. The lowest BCUT2D eigenvalue weighted by Gasteiger charge is -2.29. The van der Waals surface area contributed by atoms with Gasteiger partial charge in [-0.25, -0.2) is 9.18 Å². The number of halogens is 4. The summed E-state index contributed by atoms with van der Waals surface area (Å²) in [6.45, 7) is 8.34. The molecular formula is C22H31F4N3O5.